The first-order valence-corrected chi connectivity index (χ1v) is 8.98. The van der Waals surface area contributed by atoms with Gasteiger partial charge < -0.3 is 19.9 Å². The first-order valence-electron chi connectivity index (χ1n) is 8.98. The summed E-state index contributed by atoms with van der Waals surface area (Å²) in [6.45, 7) is 7.88. The predicted molar refractivity (Wildman–Crippen MR) is 104 cm³/mol. The molecule has 1 aliphatic heterocycles. The van der Waals surface area contributed by atoms with Gasteiger partial charge in [0.1, 0.15) is 5.75 Å². The third-order valence-corrected chi connectivity index (χ3v) is 4.34. The van der Waals surface area contributed by atoms with Crippen molar-refractivity contribution in [1.29, 1.82) is 0 Å². The summed E-state index contributed by atoms with van der Waals surface area (Å²) >= 11 is 0. The van der Waals surface area contributed by atoms with E-state index in [9.17, 15) is 4.79 Å². The molecule has 0 atom stereocenters. The van der Waals surface area contributed by atoms with E-state index in [2.05, 4.69) is 27.1 Å². The number of amides is 1. The number of carbonyl (C=O) groups is 1. The highest BCUT2D eigenvalue weighted by Gasteiger charge is 2.16. The van der Waals surface area contributed by atoms with Crippen LogP contribution in [0.15, 0.2) is 42.7 Å². The van der Waals surface area contributed by atoms with Gasteiger partial charge in [0.05, 0.1) is 23.6 Å². The maximum absolute atomic E-state index is 12.6. The summed E-state index contributed by atoms with van der Waals surface area (Å²) in [6.07, 6.45) is 3.55. The molecule has 6 nitrogen and oxygen atoms in total. The summed E-state index contributed by atoms with van der Waals surface area (Å²) in [7, 11) is 2.12. The molecule has 0 radical (unpaired) electrons. The fourth-order valence-electron chi connectivity index (χ4n) is 2.88. The fourth-order valence-corrected chi connectivity index (χ4v) is 2.88. The van der Waals surface area contributed by atoms with E-state index < -0.39 is 0 Å². The van der Waals surface area contributed by atoms with E-state index in [0.717, 1.165) is 43.3 Å². The summed E-state index contributed by atoms with van der Waals surface area (Å²) in [5, 5.41) is 2.91. The summed E-state index contributed by atoms with van der Waals surface area (Å²) in [5.41, 5.74) is 2.28. The van der Waals surface area contributed by atoms with Crippen LogP contribution in [0.25, 0.3) is 0 Å². The number of hydrogen-bond acceptors (Lipinski definition) is 5. The van der Waals surface area contributed by atoms with Crippen molar-refractivity contribution in [3.05, 3.63) is 48.3 Å². The number of nitrogens with one attached hydrogen (secondary N) is 1. The quantitative estimate of drug-likeness (QED) is 0.895. The zero-order chi connectivity index (χ0) is 18.5. The van der Waals surface area contributed by atoms with Crippen LogP contribution in [-0.2, 0) is 0 Å². The number of carbonyl (C=O) groups excluding carboxylic acids is 1. The molecule has 2 aromatic rings. The van der Waals surface area contributed by atoms with E-state index in [-0.39, 0.29) is 12.0 Å². The maximum atomic E-state index is 12.6. The van der Waals surface area contributed by atoms with Crippen molar-refractivity contribution >= 4 is 17.3 Å². The van der Waals surface area contributed by atoms with E-state index in [1.807, 2.05) is 50.4 Å². The lowest BCUT2D eigenvalue weighted by Crippen LogP contribution is -2.44. The number of ether oxygens (including phenoxy) is 1. The summed E-state index contributed by atoms with van der Waals surface area (Å²) in [4.78, 5) is 21.4. The first kappa shape index (κ1) is 18.2. The standard InChI is InChI=1S/C20H26N4O2/c1-15(2)26-19-6-4-17(5-7-19)22-20(25)16-12-18(14-21-13-16)24-10-8-23(3)9-11-24/h4-7,12-15H,8-11H2,1-3H3,(H,22,25). The third-order valence-electron chi connectivity index (χ3n) is 4.34. The van der Waals surface area contributed by atoms with Gasteiger partial charge >= 0.3 is 0 Å². The molecule has 3 rings (SSSR count). The number of piperazine rings is 1. The number of aromatic nitrogens is 1. The van der Waals surface area contributed by atoms with Gasteiger partial charge in [-0.3, -0.25) is 9.78 Å². The molecule has 1 amide bonds. The molecule has 0 saturated carbocycles. The Kier molecular flexibility index (Phi) is 5.73. The Hall–Kier alpha value is -2.60. The zero-order valence-electron chi connectivity index (χ0n) is 15.6. The van der Waals surface area contributed by atoms with E-state index in [1.165, 1.54) is 0 Å². The number of pyridine rings is 1. The van der Waals surface area contributed by atoms with Crippen LogP contribution in [-0.4, -0.2) is 55.1 Å². The zero-order valence-corrected chi connectivity index (χ0v) is 15.6. The van der Waals surface area contributed by atoms with E-state index >= 15 is 0 Å². The number of likely N-dealkylation sites (N-methyl/N-ethyl adjacent to an activating group) is 1. The van der Waals surface area contributed by atoms with Crippen molar-refractivity contribution in [3.63, 3.8) is 0 Å². The maximum Gasteiger partial charge on any atom is 0.257 e. The molecule has 1 fully saturated rings. The molecule has 0 spiro atoms. The second-order valence-corrected chi connectivity index (χ2v) is 6.87. The Balaban J connectivity index is 1.65. The fraction of sp³-hybridized carbons (Fsp3) is 0.400. The van der Waals surface area contributed by atoms with Gasteiger partial charge in [0.2, 0.25) is 0 Å². The van der Waals surface area contributed by atoms with Crippen LogP contribution in [0.5, 0.6) is 5.75 Å². The largest absolute Gasteiger partial charge is 0.491 e. The third kappa shape index (κ3) is 4.73. The van der Waals surface area contributed by atoms with Crippen LogP contribution in [0.3, 0.4) is 0 Å². The lowest BCUT2D eigenvalue weighted by Gasteiger charge is -2.33. The van der Waals surface area contributed by atoms with Crippen molar-refractivity contribution in [2.75, 3.05) is 43.4 Å². The van der Waals surface area contributed by atoms with Crippen LogP contribution >= 0.6 is 0 Å². The molecule has 0 unspecified atom stereocenters. The lowest BCUT2D eigenvalue weighted by atomic mass is 10.2. The van der Waals surface area contributed by atoms with Crippen molar-refractivity contribution in [3.8, 4) is 5.75 Å². The Morgan fingerprint density at radius 2 is 1.81 bits per heavy atom. The van der Waals surface area contributed by atoms with Gasteiger partial charge in [0.25, 0.3) is 5.91 Å². The van der Waals surface area contributed by atoms with Crippen LogP contribution < -0.4 is 15.0 Å². The topological polar surface area (TPSA) is 57.7 Å². The Labute approximate surface area is 154 Å². The van der Waals surface area contributed by atoms with Gasteiger partial charge in [-0.15, -0.1) is 0 Å². The number of hydrogen-bond donors (Lipinski definition) is 1. The average molecular weight is 354 g/mol. The lowest BCUT2D eigenvalue weighted by molar-refractivity contribution is 0.102. The summed E-state index contributed by atoms with van der Waals surface area (Å²) in [6, 6.07) is 9.30. The van der Waals surface area contributed by atoms with Gasteiger partial charge in [-0.25, -0.2) is 0 Å². The van der Waals surface area contributed by atoms with Crippen molar-refractivity contribution < 1.29 is 9.53 Å². The van der Waals surface area contributed by atoms with E-state index in [0.29, 0.717) is 5.56 Å². The Morgan fingerprint density at radius 3 is 2.46 bits per heavy atom. The minimum atomic E-state index is -0.161. The summed E-state index contributed by atoms with van der Waals surface area (Å²) < 4.78 is 5.62. The smallest absolute Gasteiger partial charge is 0.257 e. The predicted octanol–water partition coefficient (Wildman–Crippen LogP) is 2.87. The summed E-state index contributed by atoms with van der Waals surface area (Å²) in [5.74, 6) is 0.628. The highest BCUT2D eigenvalue weighted by molar-refractivity contribution is 6.04. The monoisotopic (exact) mass is 354 g/mol. The molecular formula is C20H26N4O2. The number of anilines is 2. The van der Waals surface area contributed by atoms with Crippen molar-refractivity contribution in [2.45, 2.75) is 20.0 Å². The molecule has 6 heteroatoms. The molecule has 1 aliphatic rings. The molecule has 138 valence electrons. The first-order chi connectivity index (χ1) is 12.5. The molecule has 1 N–H and O–H groups in total. The van der Waals surface area contributed by atoms with Crippen molar-refractivity contribution in [2.24, 2.45) is 0 Å². The average Bonchev–Trinajstić information content (AvgIpc) is 2.63. The Bertz CT molecular complexity index is 738. The highest BCUT2D eigenvalue weighted by atomic mass is 16.5. The minimum absolute atomic E-state index is 0.124. The van der Waals surface area contributed by atoms with Gasteiger partial charge in [-0.2, -0.15) is 0 Å². The molecule has 1 aromatic carbocycles. The molecular weight excluding hydrogens is 328 g/mol. The second kappa shape index (κ2) is 8.19. The van der Waals surface area contributed by atoms with Gasteiger partial charge in [0.15, 0.2) is 0 Å². The molecule has 26 heavy (non-hydrogen) atoms. The van der Waals surface area contributed by atoms with E-state index in [4.69, 9.17) is 4.74 Å². The molecule has 1 saturated heterocycles. The molecule has 2 heterocycles. The molecule has 1 aromatic heterocycles. The number of rotatable bonds is 5. The van der Waals surface area contributed by atoms with E-state index in [1.54, 1.807) is 6.20 Å². The minimum Gasteiger partial charge on any atom is -0.491 e. The van der Waals surface area contributed by atoms with Crippen LogP contribution in [0, 0.1) is 0 Å². The molecule has 0 aliphatic carbocycles. The number of nitrogens with zero attached hydrogens (tertiary/aromatic N) is 3. The number of benzene rings is 1. The van der Waals surface area contributed by atoms with Crippen molar-refractivity contribution in [1.82, 2.24) is 9.88 Å². The Morgan fingerprint density at radius 1 is 1.12 bits per heavy atom. The van der Waals surface area contributed by atoms with Crippen LogP contribution in [0.4, 0.5) is 11.4 Å². The van der Waals surface area contributed by atoms with Gasteiger partial charge in [-0.1, -0.05) is 0 Å². The normalized spacial score (nSPS) is 15.2. The second-order valence-electron chi connectivity index (χ2n) is 6.87. The molecule has 0 bridgehead atoms. The van der Waals surface area contributed by atoms with Gasteiger partial charge in [0, 0.05) is 38.1 Å². The van der Waals surface area contributed by atoms with Gasteiger partial charge in [-0.05, 0) is 51.2 Å². The van der Waals surface area contributed by atoms with Crippen LogP contribution in [0.2, 0.25) is 0 Å². The SMILES string of the molecule is CC(C)Oc1ccc(NC(=O)c2cncc(N3CCN(C)CC3)c2)cc1. The highest BCUT2D eigenvalue weighted by Crippen LogP contribution is 2.19. The van der Waals surface area contributed by atoms with Crippen LogP contribution in [0.1, 0.15) is 24.2 Å².